The molecule has 0 unspecified atom stereocenters. The van der Waals surface area contributed by atoms with Crippen LogP contribution in [0.4, 0.5) is 0 Å². The van der Waals surface area contributed by atoms with Gasteiger partial charge in [-0.3, -0.25) is 4.79 Å². The van der Waals surface area contributed by atoms with Crippen LogP contribution in [0.2, 0.25) is 5.02 Å². The number of hydrogen-bond acceptors (Lipinski definition) is 3. The van der Waals surface area contributed by atoms with E-state index in [1.54, 1.807) is 11.9 Å². The first kappa shape index (κ1) is 18.9. The monoisotopic (exact) mass is 392 g/mol. The zero-order chi connectivity index (χ0) is 19.1. The normalized spacial score (nSPS) is 16.6. The SMILES string of the molecule is CN(C(=O)c1cc(S(=O)(=O)N(C)C)ccc1Cl)[C@H]1CCc2ccccc21. The second-order valence-electron chi connectivity index (χ2n) is 6.60. The zero-order valence-corrected chi connectivity index (χ0v) is 16.5. The number of halogens is 1. The number of benzene rings is 2. The van der Waals surface area contributed by atoms with Crippen LogP contribution in [0.3, 0.4) is 0 Å². The molecule has 0 radical (unpaired) electrons. The molecule has 1 aliphatic carbocycles. The minimum atomic E-state index is -3.64. The summed E-state index contributed by atoms with van der Waals surface area (Å²) in [7, 11) is 0.998. The van der Waals surface area contributed by atoms with Gasteiger partial charge in [-0.15, -0.1) is 0 Å². The lowest BCUT2D eigenvalue weighted by Gasteiger charge is -2.26. The van der Waals surface area contributed by atoms with Gasteiger partial charge in [-0.25, -0.2) is 12.7 Å². The molecule has 1 aliphatic rings. The fraction of sp³-hybridized carbons (Fsp3) is 0.316. The van der Waals surface area contributed by atoms with Crippen LogP contribution in [0.25, 0.3) is 0 Å². The predicted molar refractivity (Wildman–Crippen MR) is 102 cm³/mol. The number of nitrogens with zero attached hydrogens (tertiary/aromatic N) is 2. The molecule has 0 saturated heterocycles. The number of rotatable bonds is 4. The van der Waals surface area contributed by atoms with Gasteiger partial charge in [0.25, 0.3) is 5.91 Å². The van der Waals surface area contributed by atoms with Crippen LogP contribution >= 0.6 is 11.6 Å². The molecule has 5 nitrogen and oxygen atoms in total. The molecule has 0 heterocycles. The lowest BCUT2D eigenvalue weighted by molar-refractivity contribution is 0.0730. The number of carbonyl (C=O) groups excluding carboxylic acids is 1. The average Bonchev–Trinajstić information content (AvgIpc) is 3.04. The van der Waals surface area contributed by atoms with Crippen LogP contribution in [0.15, 0.2) is 47.4 Å². The van der Waals surface area contributed by atoms with E-state index in [2.05, 4.69) is 6.07 Å². The first-order valence-electron chi connectivity index (χ1n) is 8.30. The van der Waals surface area contributed by atoms with Crippen molar-refractivity contribution in [2.24, 2.45) is 0 Å². The van der Waals surface area contributed by atoms with Gasteiger partial charge in [0.05, 0.1) is 21.5 Å². The largest absolute Gasteiger partial charge is 0.335 e. The third kappa shape index (κ3) is 3.24. The molecular weight excluding hydrogens is 372 g/mol. The quantitative estimate of drug-likeness (QED) is 0.801. The number of aryl methyl sites for hydroxylation is 1. The summed E-state index contributed by atoms with van der Waals surface area (Å²) in [6.07, 6.45) is 1.76. The molecule has 2 aromatic rings. The number of fused-ring (bicyclic) bond motifs is 1. The molecule has 0 saturated carbocycles. The van der Waals surface area contributed by atoms with Crippen LogP contribution in [0.1, 0.15) is 33.9 Å². The summed E-state index contributed by atoms with van der Waals surface area (Å²) in [6.45, 7) is 0. The maximum Gasteiger partial charge on any atom is 0.255 e. The van der Waals surface area contributed by atoms with E-state index in [1.807, 2.05) is 18.2 Å². The Hall–Kier alpha value is -1.89. The van der Waals surface area contributed by atoms with Gasteiger partial charge in [0.1, 0.15) is 0 Å². The van der Waals surface area contributed by atoms with Crippen molar-refractivity contribution in [1.29, 1.82) is 0 Å². The molecule has 0 fully saturated rings. The average molecular weight is 393 g/mol. The first-order chi connectivity index (χ1) is 12.2. The van der Waals surface area contributed by atoms with Gasteiger partial charge < -0.3 is 4.90 Å². The molecule has 0 aromatic heterocycles. The highest BCUT2D eigenvalue weighted by Crippen LogP contribution is 2.36. The van der Waals surface area contributed by atoms with E-state index in [0.29, 0.717) is 0 Å². The summed E-state index contributed by atoms with van der Waals surface area (Å²) in [5, 5.41) is 0.242. The van der Waals surface area contributed by atoms with Crippen molar-refractivity contribution in [2.45, 2.75) is 23.8 Å². The summed E-state index contributed by atoms with van der Waals surface area (Å²) < 4.78 is 25.8. The third-order valence-corrected chi connectivity index (χ3v) is 6.98. The van der Waals surface area contributed by atoms with Gasteiger partial charge in [0.15, 0.2) is 0 Å². The van der Waals surface area contributed by atoms with Crippen molar-refractivity contribution in [3.63, 3.8) is 0 Å². The molecule has 3 rings (SSSR count). The smallest absolute Gasteiger partial charge is 0.255 e. The van der Waals surface area contributed by atoms with E-state index in [4.69, 9.17) is 11.6 Å². The number of hydrogen-bond donors (Lipinski definition) is 0. The van der Waals surface area contributed by atoms with Gasteiger partial charge in [-0.2, -0.15) is 0 Å². The number of carbonyl (C=O) groups is 1. The van der Waals surface area contributed by atoms with Crippen molar-refractivity contribution in [2.75, 3.05) is 21.1 Å². The van der Waals surface area contributed by atoms with Gasteiger partial charge in [-0.1, -0.05) is 35.9 Å². The van der Waals surface area contributed by atoms with E-state index < -0.39 is 10.0 Å². The summed E-state index contributed by atoms with van der Waals surface area (Å²) in [4.78, 5) is 14.7. The molecule has 0 N–H and O–H groups in total. The van der Waals surface area contributed by atoms with Crippen molar-refractivity contribution < 1.29 is 13.2 Å². The predicted octanol–water partition coefficient (Wildman–Crippen LogP) is 3.35. The van der Waals surface area contributed by atoms with Gasteiger partial charge in [-0.05, 0) is 42.2 Å². The molecule has 0 bridgehead atoms. The maximum absolute atomic E-state index is 13.0. The van der Waals surface area contributed by atoms with E-state index in [-0.39, 0.29) is 27.4 Å². The van der Waals surface area contributed by atoms with Crippen molar-refractivity contribution in [3.05, 3.63) is 64.2 Å². The Morgan fingerprint density at radius 1 is 1.12 bits per heavy atom. The van der Waals surface area contributed by atoms with E-state index in [9.17, 15) is 13.2 Å². The Balaban J connectivity index is 1.96. The number of sulfonamides is 1. The Labute approximate surface area is 159 Å². The molecule has 26 heavy (non-hydrogen) atoms. The summed E-state index contributed by atoms with van der Waals surface area (Å²) in [5.41, 5.74) is 2.57. The Morgan fingerprint density at radius 3 is 2.50 bits per heavy atom. The first-order valence-corrected chi connectivity index (χ1v) is 10.1. The van der Waals surface area contributed by atoms with E-state index >= 15 is 0 Å². The lowest BCUT2D eigenvalue weighted by Crippen LogP contribution is -2.30. The van der Waals surface area contributed by atoms with Crippen molar-refractivity contribution in [3.8, 4) is 0 Å². The Morgan fingerprint density at radius 2 is 1.81 bits per heavy atom. The second-order valence-corrected chi connectivity index (χ2v) is 9.16. The third-order valence-electron chi connectivity index (χ3n) is 4.84. The topological polar surface area (TPSA) is 57.7 Å². The van der Waals surface area contributed by atoms with Crippen molar-refractivity contribution >= 4 is 27.5 Å². The Kier molecular flexibility index (Phi) is 5.10. The molecule has 1 atom stereocenters. The zero-order valence-electron chi connectivity index (χ0n) is 14.9. The fourth-order valence-electron chi connectivity index (χ4n) is 3.31. The minimum Gasteiger partial charge on any atom is -0.335 e. The molecule has 0 spiro atoms. The highest BCUT2D eigenvalue weighted by molar-refractivity contribution is 7.89. The molecule has 1 amide bonds. The summed E-state index contributed by atoms with van der Waals surface area (Å²) in [6, 6.07) is 12.3. The van der Waals surface area contributed by atoms with Gasteiger partial charge in [0.2, 0.25) is 10.0 Å². The van der Waals surface area contributed by atoms with Crippen LogP contribution in [0, 0.1) is 0 Å². The minimum absolute atomic E-state index is 0.0381. The van der Waals surface area contributed by atoms with E-state index in [0.717, 1.165) is 22.7 Å². The molecule has 7 heteroatoms. The standard InChI is InChI=1S/C19H21ClN2O3S/c1-21(2)26(24,25)14-9-10-17(20)16(12-14)19(23)22(3)18-11-8-13-6-4-5-7-15(13)18/h4-7,9-10,12,18H,8,11H2,1-3H3/t18-/m0/s1. The highest BCUT2D eigenvalue weighted by atomic mass is 35.5. The van der Waals surface area contributed by atoms with Crippen LogP contribution < -0.4 is 0 Å². The van der Waals surface area contributed by atoms with Crippen LogP contribution in [-0.4, -0.2) is 44.7 Å². The summed E-state index contributed by atoms with van der Waals surface area (Å²) in [5.74, 6) is -0.285. The van der Waals surface area contributed by atoms with Gasteiger partial charge in [0, 0.05) is 21.1 Å². The maximum atomic E-state index is 13.0. The fourth-order valence-corrected chi connectivity index (χ4v) is 4.43. The Bertz CT molecular complexity index is 957. The van der Waals surface area contributed by atoms with Gasteiger partial charge >= 0.3 is 0 Å². The lowest BCUT2D eigenvalue weighted by atomic mass is 10.1. The highest BCUT2D eigenvalue weighted by Gasteiger charge is 2.30. The van der Waals surface area contributed by atoms with E-state index in [1.165, 1.54) is 37.9 Å². The summed E-state index contributed by atoms with van der Waals surface area (Å²) >= 11 is 6.22. The molecule has 138 valence electrons. The molecule has 2 aromatic carbocycles. The molecular formula is C19H21ClN2O3S. The second kappa shape index (κ2) is 7.02. The number of amides is 1. The van der Waals surface area contributed by atoms with Crippen LogP contribution in [0.5, 0.6) is 0 Å². The van der Waals surface area contributed by atoms with Crippen molar-refractivity contribution in [1.82, 2.24) is 9.21 Å². The van der Waals surface area contributed by atoms with Crippen LogP contribution in [-0.2, 0) is 16.4 Å². The molecule has 0 aliphatic heterocycles.